The normalized spacial score (nSPS) is 12.7. The minimum Gasteiger partial charge on any atom is -0.334 e. The van der Waals surface area contributed by atoms with Gasteiger partial charge in [0.15, 0.2) is 0 Å². The smallest absolute Gasteiger partial charge is 0.320 e. The Bertz CT molecular complexity index is 1380. The molecule has 2 heterocycles. The first-order valence-corrected chi connectivity index (χ1v) is 11.5. The third kappa shape index (κ3) is 4.72. The lowest BCUT2D eigenvalue weighted by Gasteiger charge is -2.15. The van der Waals surface area contributed by atoms with E-state index in [1.54, 1.807) is 18.2 Å². The predicted octanol–water partition coefficient (Wildman–Crippen LogP) is 4.48. The van der Waals surface area contributed by atoms with Crippen molar-refractivity contribution in [1.82, 2.24) is 25.1 Å². The van der Waals surface area contributed by atoms with Crippen LogP contribution in [0, 0.1) is 0 Å². The second kappa shape index (κ2) is 9.52. The highest BCUT2D eigenvalue weighted by Crippen LogP contribution is 2.24. The van der Waals surface area contributed by atoms with Crippen LogP contribution in [0.25, 0.3) is 17.2 Å². The molecule has 8 nitrogen and oxygen atoms in total. The number of aryl methyl sites for hydroxylation is 1. The number of hydrogen-bond acceptors (Lipinski definition) is 4. The van der Waals surface area contributed by atoms with E-state index < -0.39 is 6.03 Å². The minimum absolute atomic E-state index is 0.158. The Hall–Kier alpha value is -3.91. The Kier molecular flexibility index (Phi) is 6.14. The van der Waals surface area contributed by atoms with Crippen molar-refractivity contribution in [2.45, 2.75) is 32.2 Å². The van der Waals surface area contributed by atoms with Crippen molar-refractivity contribution in [2.24, 2.45) is 0 Å². The Morgan fingerprint density at radius 2 is 1.82 bits per heavy atom. The third-order valence-corrected chi connectivity index (χ3v) is 6.02. The molecule has 1 aliphatic carbocycles. The van der Waals surface area contributed by atoms with Crippen molar-refractivity contribution in [3.63, 3.8) is 0 Å². The maximum atomic E-state index is 12.7. The Balaban J connectivity index is 1.45. The number of anilines is 1. The topological polar surface area (TPSA) is 105 Å². The molecule has 0 atom stereocenters. The molecular formula is C25H23ClN6O2. The number of hydrogen-bond donors (Lipinski definition) is 3. The van der Waals surface area contributed by atoms with Crippen LogP contribution in [0.2, 0.25) is 5.02 Å². The van der Waals surface area contributed by atoms with Crippen molar-refractivity contribution >= 4 is 23.4 Å². The highest BCUT2D eigenvalue weighted by atomic mass is 35.5. The molecule has 2 amide bonds. The lowest BCUT2D eigenvalue weighted by atomic mass is 9.97. The van der Waals surface area contributed by atoms with Crippen LogP contribution >= 0.6 is 11.6 Å². The zero-order valence-corrected chi connectivity index (χ0v) is 19.1. The summed E-state index contributed by atoms with van der Waals surface area (Å²) in [6.45, 7) is 0.330. The van der Waals surface area contributed by atoms with E-state index in [1.807, 2.05) is 42.5 Å². The first-order valence-electron chi connectivity index (χ1n) is 11.1. The summed E-state index contributed by atoms with van der Waals surface area (Å²) >= 11 is 5.92. The van der Waals surface area contributed by atoms with E-state index in [4.69, 9.17) is 11.6 Å². The SMILES string of the molecule is O=C(NCc1ccc(Cl)cc1)Nc1cc(-c2ccccc2)nn1-c1nc2c(c(=O)[nH]1)CCCC2. The summed E-state index contributed by atoms with van der Waals surface area (Å²) in [5.74, 6) is 0.673. The van der Waals surface area contributed by atoms with E-state index >= 15 is 0 Å². The van der Waals surface area contributed by atoms with Crippen LogP contribution in [0.15, 0.2) is 65.5 Å². The van der Waals surface area contributed by atoms with Crippen molar-refractivity contribution < 1.29 is 4.79 Å². The van der Waals surface area contributed by atoms with Gasteiger partial charge in [0.25, 0.3) is 5.56 Å². The predicted molar refractivity (Wildman–Crippen MR) is 131 cm³/mol. The Morgan fingerprint density at radius 1 is 1.06 bits per heavy atom. The molecule has 0 saturated carbocycles. The summed E-state index contributed by atoms with van der Waals surface area (Å²) in [7, 11) is 0. The van der Waals surface area contributed by atoms with Crippen molar-refractivity contribution in [3.05, 3.63) is 92.9 Å². The summed E-state index contributed by atoms with van der Waals surface area (Å²) < 4.78 is 1.47. The number of H-pyrrole nitrogens is 1. The van der Waals surface area contributed by atoms with E-state index in [2.05, 4.69) is 25.7 Å². The molecule has 34 heavy (non-hydrogen) atoms. The molecule has 5 rings (SSSR count). The van der Waals surface area contributed by atoms with E-state index in [1.165, 1.54) is 4.68 Å². The van der Waals surface area contributed by atoms with Gasteiger partial charge in [-0.05, 0) is 43.4 Å². The summed E-state index contributed by atoms with van der Waals surface area (Å²) in [5.41, 5.74) is 3.81. The first-order chi connectivity index (χ1) is 16.6. The number of fused-ring (bicyclic) bond motifs is 1. The van der Waals surface area contributed by atoms with Gasteiger partial charge in [0.2, 0.25) is 5.95 Å². The number of urea groups is 1. The van der Waals surface area contributed by atoms with Gasteiger partial charge in [0.1, 0.15) is 5.82 Å². The van der Waals surface area contributed by atoms with E-state index in [-0.39, 0.29) is 11.5 Å². The minimum atomic E-state index is -0.406. The number of nitrogens with zero attached hydrogens (tertiary/aromatic N) is 3. The summed E-state index contributed by atoms with van der Waals surface area (Å²) in [6.07, 6.45) is 3.46. The Labute approximate surface area is 201 Å². The van der Waals surface area contributed by atoms with Crippen molar-refractivity contribution in [1.29, 1.82) is 0 Å². The molecule has 9 heteroatoms. The molecule has 0 bridgehead atoms. The van der Waals surface area contributed by atoms with Crippen LogP contribution in [0.4, 0.5) is 10.6 Å². The number of halogens is 1. The van der Waals surface area contributed by atoms with Crippen LogP contribution in [0.1, 0.15) is 29.7 Å². The summed E-state index contributed by atoms with van der Waals surface area (Å²) in [4.78, 5) is 32.9. The molecule has 0 unspecified atom stereocenters. The van der Waals surface area contributed by atoms with E-state index in [0.717, 1.165) is 48.1 Å². The van der Waals surface area contributed by atoms with Crippen LogP contribution in [-0.4, -0.2) is 25.8 Å². The lowest BCUT2D eigenvalue weighted by Crippen LogP contribution is -2.30. The molecular weight excluding hydrogens is 452 g/mol. The van der Waals surface area contributed by atoms with Crippen LogP contribution in [0.5, 0.6) is 0 Å². The van der Waals surface area contributed by atoms with Crippen LogP contribution in [0.3, 0.4) is 0 Å². The van der Waals surface area contributed by atoms with Gasteiger partial charge in [0.05, 0.1) is 11.4 Å². The second-order valence-corrected chi connectivity index (χ2v) is 8.59. The van der Waals surface area contributed by atoms with Gasteiger partial charge in [-0.3, -0.25) is 15.1 Å². The van der Waals surface area contributed by atoms with Crippen molar-refractivity contribution in [2.75, 3.05) is 5.32 Å². The third-order valence-electron chi connectivity index (χ3n) is 5.77. The molecule has 0 radical (unpaired) electrons. The van der Waals surface area contributed by atoms with Crippen LogP contribution < -0.4 is 16.2 Å². The maximum absolute atomic E-state index is 12.7. The van der Waals surface area contributed by atoms with Gasteiger partial charge in [-0.15, -0.1) is 0 Å². The number of nitrogens with one attached hydrogen (secondary N) is 3. The quantitative estimate of drug-likeness (QED) is 0.396. The average Bonchev–Trinajstić information content (AvgIpc) is 3.28. The number of carbonyl (C=O) groups excluding carboxylic acids is 1. The van der Waals surface area contributed by atoms with Crippen molar-refractivity contribution in [3.8, 4) is 17.2 Å². The van der Waals surface area contributed by atoms with Gasteiger partial charge in [-0.1, -0.05) is 54.1 Å². The highest BCUT2D eigenvalue weighted by Gasteiger charge is 2.20. The number of rotatable bonds is 5. The molecule has 2 aromatic heterocycles. The van der Waals surface area contributed by atoms with Crippen LogP contribution in [-0.2, 0) is 19.4 Å². The maximum Gasteiger partial charge on any atom is 0.320 e. The molecule has 3 N–H and O–H groups in total. The second-order valence-electron chi connectivity index (χ2n) is 8.15. The number of benzene rings is 2. The molecule has 172 valence electrons. The van der Waals surface area contributed by atoms with Gasteiger partial charge in [0, 0.05) is 28.8 Å². The molecule has 1 aliphatic rings. The van der Waals surface area contributed by atoms with Gasteiger partial charge < -0.3 is 5.32 Å². The fourth-order valence-electron chi connectivity index (χ4n) is 4.02. The molecule has 4 aromatic rings. The average molecular weight is 475 g/mol. The Morgan fingerprint density at radius 3 is 2.62 bits per heavy atom. The van der Waals surface area contributed by atoms with E-state index in [0.29, 0.717) is 23.1 Å². The zero-order chi connectivity index (χ0) is 23.5. The van der Waals surface area contributed by atoms with Gasteiger partial charge in [-0.2, -0.15) is 9.78 Å². The standard InChI is InChI=1S/C25H23ClN6O2/c26-18-12-10-16(11-13-18)15-27-25(34)29-22-14-21(17-6-2-1-3-7-17)31-32(22)24-28-20-9-5-4-8-19(20)23(33)30-24/h1-3,6-7,10-14H,4-5,8-9,15H2,(H2,27,29,34)(H,28,30,33). The highest BCUT2D eigenvalue weighted by molar-refractivity contribution is 6.30. The zero-order valence-electron chi connectivity index (χ0n) is 18.3. The summed E-state index contributed by atoms with van der Waals surface area (Å²) in [6, 6.07) is 18.2. The van der Waals surface area contributed by atoms with Gasteiger partial charge >= 0.3 is 6.03 Å². The monoisotopic (exact) mass is 474 g/mol. The van der Waals surface area contributed by atoms with Gasteiger partial charge in [-0.25, -0.2) is 9.78 Å². The molecule has 2 aromatic carbocycles. The summed E-state index contributed by atoms with van der Waals surface area (Å²) in [5, 5.41) is 11.0. The largest absolute Gasteiger partial charge is 0.334 e. The number of aromatic nitrogens is 4. The first kappa shape index (κ1) is 21.9. The number of amides is 2. The fourth-order valence-corrected chi connectivity index (χ4v) is 4.14. The number of aromatic amines is 1. The molecule has 0 fully saturated rings. The fraction of sp³-hybridized carbons (Fsp3) is 0.200. The molecule has 0 spiro atoms. The molecule has 0 aliphatic heterocycles. The lowest BCUT2D eigenvalue weighted by molar-refractivity contribution is 0.251. The van der Waals surface area contributed by atoms with E-state index in [9.17, 15) is 9.59 Å². The molecule has 0 saturated heterocycles. The number of carbonyl (C=O) groups is 1.